The molecule has 4 amide bonds. The van der Waals surface area contributed by atoms with Crippen molar-refractivity contribution < 1.29 is 18.9 Å². The number of aromatic nitrogens is 2. The van der Waals surface area contributed by atoms with Crippen LogP contribution >= 0.6 is 0 Å². The number of carbonyl (C=O) groups excluding carboxylic acids is 3. The molecule has 0 spiro atoms. The quantitative estimate of drug-likeness (QED) is 0.357. The van der Waals surface area contributed by atoms with Gasteiger partial charge in [-0.1, -0.05) is 32.0 Å². The Morgan fingerprint density at radius 1 is 1.12 bits per heavy atom. The maximum absolute atomic E-state index is 12.6. The van der Waals surface area contributed by atoms with Crippen molar-refractivity contribution in [3.05, 3.63) is 53.0 Å². The van der Waals surface area contributed by atoms with Crippen LogP contribution in [0.15, 0.2) is 35.0 Å². The van der Waals surface area contributed by atoms with Crippen molar-refractivity contribution in [3.8, 4) is 0 Å². The van der Waals surface area contributed by atoms with Crippen LogP contribution in [-0.4, -0.2) is 28.0 Å². The molecule has 3 aromatic rings. The third-order valence-corrected chi connectivity index (χ3v) is 5.33. The van der Waals surface area contributed by atoms with Crippen molar-refractivity contribution in [2.45, 2.75) is 40.0 Å². The van der Waals surface area contributed by atoms with Gasteiger partial charge in [-0.05, 0) is 30.7 Å². The van der Waals surface area contributed by atoms with Gasteiger partial charge in [0.05, 0.1) is 16.9 Å². The van der Waals surface area contributed by atoms with Gasteiger partial charge < -0.3 is 25.5 Å². The molecule has 34 heavy (non-hydrogen) atoms. The molecule has 10 heteroatoms. The van der Waals surface area contributed by atoms with Crippen molar-refractivity contribution in [2.24, 2.45) is 0 Å². The standard InChI is InChI=1S/C24H26N6O4/c1-12-17(25-11-19(12)26-13(2)31)9-16-15-7-6-14(8-18(15)28-22(16)32)27-23(33)29-21-10-20(34-30-21)24(3,4)5/h6-11,25H,1-5H3,(H,26,31)(H,28,32)(H2,27,29,30,33)/b16-9-. The van der Waals surface area contributed by atoms with Crippen LogP contribution < -0.4 is 21.3 Å². The van der Waals surface area contributed by atoms with Gasteiger partial charge in [0, 0.05) is 41.5 Å². The Morgan fingerprint density at radius 3 is 2.56 bits per heavy atom. The van der Waals surface area contributed by atoms with E-state index in [9.17, 15) is 14.4 Å². The second-order valence-electron chi connectivity index (χ2n) is 9.10. The summed E-state index contributed by atoms with van der Waals surface area (Å²) in [6.07, 6.45) is 3.42. The normalized spacial score (nSPS) is 14.0. The van der Waals surface area contributed by atoms with Crippen LogP contribution in [0.4, 0.5) is 27.7 Å². The average molecular weight is 463 g/mol. The molecule has 176 valence electrons. The molecule has 3 heterocycles. The Hall–Kier alpha value is -4.34. The number of rotatable bonds is 4. The van der Waals surface area contributed by atoms with Gasteiger partial charge in [-0.15, -0.1) is 0 Å². The molecule has 2 aromatic heterocycles. The summed E-state index contributed by atoms with van der Waals surface area (Å²) in [5.41, 5.74) is 4.23. The van der Waals surface area contributed by atoms with Crippen LogP contribution in [0.25, 0.3) is 11.6 Å². The molecule has 0 atom stereocenters. The third kappa shape index (κ3) is 4.70. The van der Waals surface area contributed by atoms with E-state index in [4.69, 9.17) is 4.52 Å². The highest BCUT2D eigenvalue weighted by atomic mass is 16.5. The lowest BCUT2D eigenvalue weighted by Crippen LogP contribution is -2.19. The fourth-order valence-corrected chi connectivity index (χ4v) is 3.51. The zero-order valence-corrected chi connectivity index (χ0v) is 19.5. The maximum Gasteiger partial charge on any atom is 0.324 e. The molecule has 10 nitrogen and oxygen atoms in total. The van der Waals surface area contributed by atoms with Gasteiger partial charge in [0.25, 0.3) is 5.91 Å². The first-order chi connectivity index (χ1) is 16.0. The second kappa shape index (κ2) is 8.54. The topological polar surface area (TPSA) is 141 Å². The summed E-state index contributed by atoms with van der Waals surface area (Å²) in [6, 6.07) is 6.35. The lowest BCUT2D eigenvalue weighted by Gasteiger charge is -2.12. The summed E-state index contributed by atoms with van der Waals surface area (Å²) in [5.74, 6) is 0.530. The Labute approximate surface area is 196 Å². The average Bonchev–Trinajstić information content (AvgIpc) is 3.41. The SMILES string of the molecule is CC(=O)Nc1c[nH]c(/C=C2\C(=O)Nc3cc(NC(=O)Nc4cc(C(C)(C)C)on4)ccc32)c1C. The van der Waals surface area contributed by atoms with E-state index < -0.39 is 6.03 Å². The number of hydrogen-bond donors (Lipinski definition) is 5. The molecule has 5 N–H and O–H groups in total. The van der Waals surface area contributed by atoms with Crippen LogP contribution in [0, 0.1) is 6.92 Å². The molecule has 0 saturated heterocycles. The first-order valence-corrected chi connectivity index (χ1v) is 10.7. The number of nitrogens with zero attached hydrogens (tertiary/aromatic N) is 1. The van der Waals surface area contributed by atoms with E-state index >= 15 is 0 Å². The van der Waals surface area contributed by atoms with Crippen LogP contribution in [0.1, 0.15) is 50.3 Å². The minimum absolute atomic E-state index is 0.174. The highest BCUT2D eigenvalue weighted by molar-refractivity contribution is 6.35. The highest BCUT2D eigenvalue weighted by Gasteiger charge is 2.25. The Bertz CT molecular complexity index is 1330. The van der Waals surface area contributed by atoms with Crippen LogP contribution in [-0.2, 0) is 15.0 Å². The van der Waals surface area contributed by atoms with E-state index in [-0.39, 0.29) is 17.2 Å². The second-order valence-corrected chi connectivity index (χ2v) is 9.10. The van der Waals surface area contributed by atoms with E-state index in [1.165, 1.54) is 6.92 Å². The van der Waals surface area contributed by atoms with Crippen molar-refractivity contribution >= 4 is 52.4 Å². The number of amides is 4. The number of nitrogens with one attached hydrogen (secondary N) is 5. The smallest absolute Gasteiger partial charge is 0.324 e. The molecular weight excluding hydrogens is 436 g/mol. The lowest BCUT2D eigenvalue weighted by molar-refractivity contribution is -0.114. The van der Waals surface area contributed by atoms with Gasteiger partial charge in [0.1, 0.15) is 5.76 Å². The molecule has 0 unspecified atom stereocenters. The summed E-state index contributed by atoms with van der Waals surface area (Å²) in [7, 11) is 0. The van der Waals surface area contributed by atoms with Gasteiger partial charge in [-0.2, -0.15) is 0 Å². The number of H-pyrrole nitrogens is 1. The number of urea groups is 1. The third-order valence-electron chi connectivity index (χ3n) is 5.33. The fraction of sp³-hybridized carbons (Fsp3) is 0.250. The van der Waals surface area contributed by atoms with E-state index in [0.29, 0.717) is 45.5 Å². The number of anilines is 4. The predicted octanol–water partition coefficient (Wildman–Crippen LogP) is 4.70. The van der Waals surface area contributed by atoms with Gasteiger partial charge in [0.15, 0.2) is 5.82 Å². The van der Waals surface area contributed by atoms with Gasteiger partial charge >= 0.3 is 6.03 Å². The van der Waals surface area contributed by atoms with Crippen LogP contribution in [0.3, 0.4) is 0 Å². The molecule has 1 aliphatic rings. The zero-order valence-electron chi connectivity index (χ0n) is 19.5. The number of hydrogen-bond acceptors (Lipinski definition) is 5. The summed E-state index contributed by atoms with van der Waals surface area (Å²) in [5, 5.41) is 14.8. The minimum Gasteiger partial charge on any atom is -0.360 e. The predicted molar refractivity (Wildman–Crippen MR) is 131 cm³/mol. The number of aromatic amines is 1. The molecule has 0 fully saturated rings. The Morgan fingerprint density at radius 2 is 1.88 bits per heavy atom. The number of carbonyl (C=O) groups is 3. The largest absolute Gasteiger partial charge is 0.360 e. The van der Waals surface area contributed by atoms with Gasteiger partial charge in [0.2, 0.25) is 5.91 Å². The molecule has 0 bridgehead atoms. The minimum atomic E-state index is -0.485. The number of benzene rings is 1. The van der Waals surface area contributed by atoms with E-state index in [2.05, 4.69) is 31.4 Å². The fourth-order valence-electron chi connectivity index (χ4n) is 3.51. The summed E-state index contributed by atoms with van der Waals surface area (Å²) < 4.78 is 5.27. The lowest BCUT2D eigenvalue weighted by atomic mass is 9.93. The van der Waals surface area contributed by atoms with E-state index in [1.54, 1.807) is 36.5 Å². The molecule has 0 saturated carbocycles. The molecular formula is C24H26N6O4. The van der Waals surface area contributed by atoms with Crippen molar-refractivity contribution in [3.63, 3.8) is 0 Å². The van der Waals surface area contributed by atoms with Crippen LogP contribution in [0.5, 0.6) is 0 Å². The van der Waals surface area contributed by atoms with Crippen molar-refractivity contribution in [1.82, 2.24) is 10.1 Å². The maximum atomic E-state index is 12.6. The number of fused-ring (bicyclic) bond motifs is 1. The Balaban J connectivity index is 1.49. The van der Waals surface area contributed by atoms with E-state index in [1.807, 2.05) is 27.7 Å². The monoisotopic (exact) mass is 462 g/mol. The summed E-state index contributed by atoms with van der Waals surface area (Å²) in [4.78, 5) is 39.4. The zero-order chi connectivity index (χ0) is 24.6. The first kappa shape index (κ1) is 22.8. The van der Waals surface area contributed by atoms with Crippen molar-refractivity contribution in [1.29, 1.82) is 0 Å². The summed E-state index contributed by atoms with van der Waals surface area (Å²) in [6.45, 7) is 9.24. The molecule has 0 aliphatic carbocycles. The highest BCUT2D eigenvalue weighted by Crippen LogP contribution is 2.36. The Kier molecular flexibility index (Phi) is 5.74. The summed E-state index contributed by atoms with van der Waals surface area (Å²) >= 11 is 0. The molecule has 0 radical (unpaired) electrons. The van der Waals surface area contributed by atoms with Gasteiger partial charge in [-0.25, -0.2) is 4.79 Å². The van der Waals surface area contributed by atoms with Gasteiger partial charge in [-0.3, -0.25) is 14.9 Å². The van der Waals surface area contributed by atoms with E-state index in [0.717, 1.165) is 5.56 Å². The van der Waals surface area contributed by atoms with Crippen LogP contribution in [0.2, 0.25) is 0 Å². The first-order valence-electron chi connectivity index (χ1n) is 10.7. The van der Waals surface area contributed by atoms with Crippen molar-refractivity contribution in [2.75, 3.05) is 21.3 Å². The molecule has 1 aromatic carbocycles. The molecule has 1 aliphatic heterocycles. The molecule has 4 rings (SSSR count).